The van der Waals surface area contributed by atoms with E-state index in [2.05, 4.69) is 27.0 Å². The number of hydrogen-bond donors (Lipinski definition) is 0. The molecule has 0 amide bonds. The molecule has 0 spiro atoms. The maximum atomic E-state index is 12.2. The minimum Gasteiger partial charge on any atom is -0.495 e. The van der Waals surface area contributed by atoms with Crippen molar-refractivity contribution in [1.82, 2.24) is 14.7 Å². The maximum Gasteiger partial charge on any atom is 0.274 e. The van der Waals surface area contributed by atoms with Crippen LogP contribution in [0.2, 0.25) is 0 Å². The molecule has 2 aromatic carbocycles. The molecule has 0 saturated carbocycles. The Morgan fingerprint density at radius 3 is 2.43 bits per heavy atom. The standard InChI is InChI=1S/C23H28N4O3/c1-25-23(28)19-9-4-3-8-18(19)22(24-25)30-17-7-12-26-13-15-27(16-14-26)20-10-5-6-11-21(20)29-2/h3-6,8-11H,7,12-17H2,1-2H3. The van der Waals surface area contributed by atoms with Crippen molar-refractivity contribution < 1.29 is 9.47 Å². The van der Waals surface area contributed by atoms with Crippen molar-refractivity contribution in [3.63, 3.8) is 0 Å². The molecule has 0 aliphatic carbocycles. The second kappa shape index (κ2) is 9.17. The Hall–Kier alpha value is -3.06. The number of methoxy groups -OCH3 is 1. The van der Waals surface area contributed by atoms with E-state index in [1.165, 1.54) is 4.68 Å². The van der Waals surface area contributed by atoms with Gasteiger partial charge >= 0.3 is 0 Å². The fraction of sp³-hybridized carbons (Fsp3) is 0.391. The zero-order valence-electron chi connectivity index (χ0n) is 17.6. The van der Waals surface area contributed by atoms with Crippen molar-refractivity contribution in [2.75, 3.05) is 51.3 Å². The SMILES string of the molecule is COc1ccccc1N1CCN(CCCOc2nn(C)c(=O)c3ccccc23)CC1. The van der Waals surface area contributed by atoms with Crippen LogP contribution in [0.1, 0.15) is 6.42 Å². The first-order chi connectivity index (χ1) is 14.7. The van der Waals surface area contributed by atoms with Crippen LogP contribution in [0.3, 0.4) is 0 Å². The van der Waals surface area contributed by atoms with E-state index >= 15 is 0 Å². The molecule has 0 atom stereocenters. The predicted octanol–water partition coefficient (Wildman–Crippen LogP) is 2.53. The molecule has 0 unspecified atom stereocenters. The fourth-order valence-corrected chi connectivity index (χ4v) is 3.93. The maximum absolute atomic E-state index is 12.2. The predicted molar refractivity (Wildman–Crippen MR) is 119 cm³/mol. The van der Waals surface area contributed by atoms with Crippen LogP contribution in [0.4, 0.5) is 5.69 Å². The molecule has 7 nitrogen and oxygen atoms in total. The van der Waals surface area contributed by atoms with Gasteiger partial charge < -0.3 is 14.4 Å². The van der Waals surface area contributed by atoms with Gasteiger partial charge in [-0.1, -0.05) is 24.3 Å². The molecule has 1 aliphatic heterocycles. The van der Waals surface area contributed by atoms with E-state index in [9.17, 15) is 4.79 Å². The zero-order valence-corrected chi connectivity index (χ0v) is 17.6. The Balaban J connectivity index is 1.28. The van der Waals surface area contributed by atoms with E-state index in [-0.39, 0.29) is 5.56 Å². The number of ether oxygens (including phenoxy) is 2. The summed E-state index contributed by atoms with van der Waals surface area (Å²) in [6, 6.07) is 15.6. The second-order valence-electron chi connectivity index (χ2n) is 7.48. The number of benzene rings is 2. The van der Waals surface area contributed by atoms with Gasteiger partial charge in [-0.2, -0.15) is 0 Å². The zero-order chi connectivity index (χ0) is 20.9. The number of hydrogen-bond acceptors (Lipinski definition) is 6. The first-order valence-electron chi connectivity index (χ1n) is 10.4. The molecule has 7 heteroatoms. The van der Waals surface area contributed by atoms with Crippen LogP contribution in [0.5, 0.6) is 11.6 Å². The van der Waals surface area contributed by atoms with Crippen LogP contribution in [-0.4, -0.2) is 61.1 Å². The summed E-state index contributed by atoms with van der Waals surface area (Å²) in [6.07, 6.45) is 0.910. The van der Waals surface area contributed by atoms with Gasteiger partial charge in [0.25, 0.3) is 5.56 Å². The Labute approximate surface area is 176 Å². The number of nitrogens with zero attached hydrogens (tertiary/aromatic N) is 4. The van der Waals surface area contributed by atoms with Crippen LogP contribution in [-0.2, 0) is 7.05 Å². The highest BCUT2D eigenvalue weighted by atomic mass is 16.5. The molecule has 158 valence electrons. The van der Waals surface area contributed by atoms with Crippen molar-refractivity contribution in [2.24, 2.45) is 7.05 Å². The van der Waals surface area contributed by atoms with Crippen molar-refractivity contribution in [3.05, 3.63) is 58.9 Å². The van der Waals surface area contributed by atoms with Crippen LogP contribution in [0.25, 0.3) is 10.8 Å². The molecule has 1 saturated heterocycles. The van der Waals surface area contributed by atoms with Crippen LogP contribution in [0.15, 0.2) is 53.3 Å². The van der Waals surface area contributed by atoms with Crippen LogP contribution >= 0.6 is 0 Å². The molecular formula is C23H28N4O3. The van der Waals surface area contributed by atoms with Gasteiger partial charge in [0.15, 0.2) is 0 Å². The van der Waals surface area contributed by atoms with Gasteiger partial charge in [-0.15, -0.1) is 5.10 Å². The minimum atomic E-state index is -0.106. The largest absolute Gasteiger partial charge is 0.495 e. The topological polar surface area (TPSA) is 59.8 Å². The lowest BCUT2D eigenvalue weighted by Crippen LogP contribution is -2.46. The number of aryl methyl sites for hydroxylation is 1. The highest BCUT2D eigenvalue weighted by Gasteiger charge is 2.19. The molecular weight excluding hydrogens is 380 g/mol. The summed E-state index contributed by atoms with van der Waals surface area (Å²) >= 11 is 0. The number of aromatic nitrogens is 2. The average molecular weight is 409 g/mol. The molecule has 0 N–H and O–H groups in total. The Morgan fingerprint density at radius 1 is 0.967 bits per heavy atom. The molecule has 1 aliphatic rings. The van der Waals surface area contributed by atoms with Gasteiger partial charge in [0.2, 0.25) is 5.88 Å². The summed E-state index contributed by atoms with van der Waals surface area (Å²) in [5.74, 6) is 1.45. The lowest BCUT2D eigenvalue weighted by molar-refractivity contribution is 0.221. The number of rotatable bonds is 7. The highest BCUT2D eigenvalue weighted by molar-refractivity contribution is 5.85. The number of anilines is 1. The molecule has 1 aromatic heterocycles. The molecule has 3 aromatic rings. The quantitative estimate of drug-likeness (QED) is 0.560. The van der Waals surface area contributed by atoms with E-state index in [1.54, 1.807) is 14.2 Å². The smallest absolute Gasteiger partial charge is 0.274 e. The highest BCUT2D eigenvalue weighted by Crippen LogP contribution is 2.28. The third-order valence-electron chi connectivity index (χ3n) is 5.58. The number of para-hydroxylation sites is 2. The average Bonchev–Trinajstić information content (AvgIpc) is 2.80. The van der Waals surface area contributed by atoms with E-state index in [0.29, 0.717) is 17.9 Å². The first kappa shape index (κ1) is 20.2. The van der Waals surface area contributed by atoms with Crippen LogP contribution < -0.4 is 19.9 Å². The Morgan fingerprint density at radius 2 is 1.67 bits per heavy atom. The van der Waals surface area contributed by atoms with Gasteiger partial charge in [-0.25, -0.2) is 4.68 Å². The fourth-order valence-electron chi connectivity index (χ4n) is 3.93. The molecule has 2 heterocycles. The summed E-state index contributed by atoms with van der Waals surface area (Å²) < 4.78 is 12.8. The van der Waals surface area contributed by atoms with E-state index in [1.807, 2.05) is 36.4 Å². The normalized spacial score (nSPS) is 14.8. The van der Waals surface area contributed by atoms with Gasteiger partial charge in [0, 0.05) is 39.8 Å². The summed E-state index contributed by atoms with van der Waals surface area (Å²) in [5.41, 5.74) is 1.06. The van der Waals surface area contributed by atoms with Crippen molar-refractivity contribution in [2.45, 2.75) is 6.42 Å². The van der Waals surface area contributed by atoms with E-state index in [0.717, 1.165) is 56.0 Å². The molecule has 4 rings (SSSR count). The lowest BCUT2D eigenvalue weighted by Gasteiger charge is -2.36. The monoisotopic (exact) mass is 408 g/mol. The first-order valence-corrected chi connectivity index (χ1v) is 10.4. The summed E-state index contributed by atoms with van der Waals surface area (Å²) in [7, 11) is 3.38. The summed E-state index contributed by atoms with van der Waals surface area (Å²) in [4.78, 5) is 17.1. The van der Waals surface area contributed by atoms with Crippen molar-refractivity contribution in [3.8, 4) is 11.6 Å². The van der Waals surface area contributed by atoms with Gasteiger partial charge in [-0.05, 0) is 30.7 Å². The van der Waals surface area contributed by atoms with Crippen molar-refractivity contribution >= 4 is 16.5 Å². The third-order valence-corrected chi connectivity index (χ3v) is 5.58. The van der Waals surface area contributed by atoms with Gasteiger partial charge in [-0.3, -0.25) is 9.69 Å². The van der Waals surface area contributed by atoms with E-state index < -0.39 is 0 Å². The number of fused-ring (bicyclic) bond motifs is 1. The molecule has 0 radical (unpaired) electrons. The molecule has 30 heavy (non-hydrogen) atoms. The second-order valence-corrected chi connectivity index (χ2v) is 7.48. The molecule has 0 bridgehead atoms. The minimum absolute atomic E-state index is 0.106. The van der Waals surface area contributed by atoms with Crippen molar-refractivity contribution in [1.29, 1.82) is 0 Å². The van der Waals surface area contributed by atoms with Crippen LogP contribution in [0, 0.1) is 0 Å². The lowest BCUT2D eigenvalue weighted by atomic mass is 10.2. The molecule has 1 fully saturated rings. The van der Waals surface area contributed by atoms with Gasteiger partial charge in [0.1, 0.15) is 5.75 Å². The Bertz CT molecular complexity index is 1060. The summed E-state index contributed by atoms with van der Waals surface area (Å²) in [5, 5.41) is 5.70. The Kier molecular flexibility index (Phi) is 6.18. The number of piperazine rings is 1. The summed E-state index contributed by atoms with van der Waals surface area (Å²) in [6.45, 7) is 5.53. The van der Waals surface area contributed by atoms with E-state index in [4.69, 9.17) is 9.47 Å². The van der Waals surface area contributed by atoms with Gasteiger partial charge in [0.05, 0.1) is 30.2 Å². The third kappa shape index (κ3) is 4.26.